The van der Waals surface area contributed by atoms with Gasteiger partial charge in [-0.25, -0.2) is 4.98 Å². The number of hydrogen-bond acceptors (Lipinski definition) is 4. The van der Waals surface area contributed by atoms with Crippen LogP contribution in [0.2, 0.25) is 0 Å². The molecular weight excluding hydrogens is 273 g/mol. The summed E-state index contributed by atoms with van der Waals surface area (Å²) in [6.45, 7) is 0.956. The van der Waals surface area contributed by atoms with Gasteiger partial charge in [-0.15, -0.1) is 11.3 Å². The third kappa shape index (κ3) is 3.69. The van der Waals surface area contributed by atoms with Gasteiger partial charge in [0.25, 0.3) is 0 Å². The van der Waals surface area contributed by atoms with E-state index in [1.807, 2.05) is 0 Å². The Morgan fingerprint density at radius 2 is 2.17 bits per heavy atom. The van der Waals surface area contributed by atoms with E-state index < -0.39 is 29.7 Å². The van der Waals surface area contributed by atoms with Crippen LogP contribution in [-0.4, -0.2) is 22.0 Å². The first kappa shape index (κ1) is 14.4. The second-order valence-electron chi connectivity index (χ2n) is 3.40. The molecule has 1 rings (SSSR count). The first-order valence-electron chi connectivity index (χ1n) is 4.74. The summed E-state index contributed by atoms with van der Waals surface area (Å²) in [7, 11) is 0. The summed E-state index contributed by atoms with van der Waals surface area (Å²) in [6.07, 6.45) is -4.52. The topological polar surface area (TPSA) is 79.3 Å². The van der Waals surface area contributed by atoms with Gasteiger partial charge >= 0.3 is 12.1 Å². The lowest BCUT2D eigenvalue weighted by atomic mass is 10.2. The van der Waals surface area contributed by atoms with Crippen LogP contribution in [0.3, 0.4) is 0 Å². The van der Waals surface area contributed by atoms with Gasteiger partial charge in [-0.05, 0) is 6.92 Å². The van der Waals surface area contributed by atoms with E-state index in [-0.39, 0.29) is 11.6 Å². The average molecular weight is 282 g/mol. The molecule has 1 atom stereocenters. The molecule has 0 aliphatic rings. The number of carboxylic acids is 1. The Kier molecular flexibility index (Phi) is 4.28. The quantitative estimate of drug-likeness (QED) is 0.820. The lowest BCUT2D eigenvalue weighted by molar-refractivity contribution is -0.146. The molecule has 1 heterocycles. The van der Waals surface area contributed by atoms with E-state index >= 15 is 0 Å². The molecule has 0 fully saturated rings. The number of rotatable bonds is 4. The highest BCUT2D eigenvalue weighted by Crippen LogP contribution is 2.29. The summed E-state index contributed by atoms with van der Waals surface area (Å²) in [6, 6.07) is 0. The van der Waals surface area contributed by atoms with Crippen molar-refractivity contribution in [3.63, 3.8) is 0 Å². The van der Waals surface area contributed by atoms with Crippen LogP contribution < -0.4 is 5.32 Å². The van der Waals surface area contributed by atoms with Gasteiger partial charge in [0.2, 0.25) is 5.91 Å². The smallest absolute Gasteiger partial charge is 0.434 e. The Bertz CT molecular complexity index is 458. The van der Waals surface area contributed by atoms with Crippen molar-refractivity contribution in [2.45, 2.75) is 19.6 Å². The highest BCUT2D eigenvalue weighted by molar-refractivity contribution is 7.09. The lowest BCUT2D eigenvalue weighted by Gasteiger charge is -2.06. The molecule has 1 unspecified atom stereocenters. The number of nitrogens with one attached hydrogen (secondary N) is 1. The molecule has 1 amide bonds. The normalized spacial score (nSPS) is 13.1. The number of carboxylic acid groups (broad SMARTS) is 1. The third-order valence-corrected chi connectivity index (χ3v) is 2.87. The van der Waals surface area contributed by atoms with Crippen LogP contribution in [-0.2, 0) is 22.3 Å². The molecule has 0 aromatic carbocycles. The van der Waals surface area contributed by atoms with E-state index in [0.29, 0.717) is 0 Å². The number of halogens is 3. The minimum Gasteiger partial charge on any atom is -0.481 e. The van der Waals surface area contributed by atoms with Crippen LogP contribution in [0.4, 0.5) is 13.2 Å². The van der Waals surface area contributed by atoms with Crippen LogP contribution in [0.1, 0.15) is 17.6 Å². The Hall–Kier alpha value is -1.64. The van der Waals surface area contributed by atoms with E-state index in [9.17, 15) is 22.8 Å². The standard InChI is InChI=1S/C9H9F3N2O3S/c1-4(8(16)17)7(15)13-2-6-14-5(3-18-6)9(10,11)12/h3-4H,2H2,1H3,(H,13,15)(H,16,17). The molecule has 9 heteroatoms. The van der Waals surface area contributed by atoms with E-state index in [2.05, 4.69) is 10.3 Å². The van der Waals surface area contributed by atoms with Gasteiger partial charge in [-0.1, -0.05) is 0 Å². The number of aromatic nitrogens is 1. The van der Waals surface area contributed by atoms with Crippen molar-refractivity contribution in [2.75, 3.05) is 0 Å². The Labute approximate surface area is 104 Å². The molecule has 0 bridgehead atoms. The first-order valence-corrected chi connectivity index (χ1v) is 5.62. The zero-order chi connectivity index (χ0) is 13.9. The molecule has 1 aromatic rings. The van der Waals surface area contributed by atoms with Gasteiger partial charge in [0.15, 0.2) is 5.69 Å². The van der Waals surface area contributed by atoms with Crippen LogP contribution in [0.15, 0.2) is 5.38 Å². The summed E-state index contributed by atoms with van der Waals surface area (Å²) in [4.78, 5) is 25.0. The maximum atomic E-state index is 12.2. The fraction of sp³-hybridized carbons (Fsp3) is 0.444. The van der Waals surface area contributed by atoms with E-state index in [1.54, 1.807) is 0 Å². The summed E-state index contributed by atoms with van der Waals surface area (Å²) in [5.41, 5.74) is -1.02. The third-order valence-electron chi connectivity index (χ3n) is 2.02. The number of amides is 1. The summed E-state index contributed by atoms with van der Waals surface area (Å²) >= 11 is 0.745. The molecule has 0 aliphatic heterocycles. The van der Waals surface area contributed by atoms with Gasteiger partial charge in [-0.3, -0.25) is 9.59 Å². The highest BCUT2D eigenvalue weighted by Gasteiger charge is 2.33. The van der Waals surface area contributed by atoms with Gasteiger partial charge in [0, 0.05) is 5.38 Å². The first-order chi connectivity index (χ1) is 8.21. The zero-order valence-corrected chi connectivity index (χ0v) is 9.93. The van der Waals surface area contributed by atoms with Crippen molar-refractivity contribution in [3.8, 4) is 0 Å². The van der Waals surface area contributed by atoms with E-state index in [1.165, 1.54) is 6.92 Å². The fourth-order valence-corrected chi connectivity index (χ4v) is 1.69. The van der Waals surface area contributed by atoms with Gasteiger partial charge in [-0.2, -0.15) is 13.2 Å². The molecule has 0 spiro atoms. The summed E-state index contributed by atoms with van der Waals surface area (Å²) in [5.74, 6) is -3.33. The number of thiazole rings is 1. The largest absolute Gasteiger partial charge is 0.481 e. The molecule has 0 radical (unpaired) electrons. The second kappa shape index (κ2) is 5.34. The highest BCUT2D eigenvalue weighted by atomic mass is 32.1. The molecule has 100 valence electrons. The molecule has 18 heavy (non-hydrogen) atoms. The molecule has 5 nitrogen and oxygen atoms in total. The maximum absolute atomic E-state index is 12.2. The van der Waals surface area contributed by atoms with Crippen molar-refractivity contribution in [3.05, 3.63) is 16.1 Å². The van der Waals surface area contributed by atoms with Crippen molar-refractivity contribution < 1.29 is 27.9 Å². The number of carbonyl (C=O) groups is 2. The Morgan fingerprint density at radius 1 is 1.56 bits per heavy atom. The van der Waals surface area contributed by atoms with Crippen LogP contribution in [0.25, 0.3) is 0 Å². The number of aliphatic carboxylic acids is 1. The minimum atomic E-state index is -4.52. The van der Waals surface area contributed by atoms with E-state index in [0.717, 1.165) is 16.7 Å². The van der Waals surface area contributed by atoms with Gasteiger partial charge in [0.1, 0.15) is 10.9 Å². The molecular formula is C9H9F3N2O3S. The van der Waals surface area contributed by atoms with Crippen LogP contribution in [0, 0.1) is 5.92 Å². The number of nitrogens with zero attached hydrogens (tertiary/aromatic N) is 1. The molecule has 0 saturated heterocycles. The zero-order valence-electron chi connectivity index (χ0n) is 9.11. The van der Waals surface area contributed by atoms with Crippen molar-refractivity contribution in [2.24, 2.45) is 5.92 Å². The maximum Gasteiger partial charge on any atom is 0.434 e. The lowest BCUT2D eigenvalue weighted by Crippen LogP contribution is -2.33. The van der Waals surface area contributed by atoms with Crippen molar-refractivity contribution in [1.29, 1.82) is 0 Å². The SMILES string of the molecule is CC(C(=O)O)C(=O)NCc1nc(C(F)(F)F)cs1. The molecule has 0 saturated carbocycles. The Morgan fingerprint density at radius 3 is 2.61 bits per heavy atom. The monoisotopic (exact) mass is 282 g/mol. The average Bonchev–Trinajstić information content (AvgIpc) is 2.72. The van der Waals surface area contributed by atoms with Gasteiger partial charge < -0.3 is 10.4 Å². The number of hydrogen-bond donors (Lipinski definition) is 2. The molecule has 1 aromatic heterocycles. The van der Waals surface area contributed by atoms with E-state index in [4.69, 9.17) is 5.11 Å². The van der Waals surface area contributed by atoms with Crippen molar-refractivity contribution >= 4 is 23.2 Å². The predicted octanol–water partition coefficient (Wildman–Crippen LogP) is 1.50. The van der Waals surface area contributed by atoms with Crippen molar-refractivity contribution in [1.82, 2.24) is 10.3 Å². The van der Waals surface area contributed by atoms with Crippen LogP contribution in [0.5, 0.6) is 0 Å². The van der Waals surface area contributed by atoms with Gasteiger partial charge in [0.05, 0.1) is 6.54 Å². The second-order valence-corrected chi connectivity index (χ2v) is 4.34. The Balaban J connectivity index is 2.57. The summed E-state index contributed by atoms with van der Waals surface area (Å²) in [5, 5.41) is 11.6. The number of alkyl halides is 3. The van der Waals surface area contributed by atoms with Crippen LogP contribution >= 0.6 is 11.3 Å². The predicted molar refractivity (Wildman–Crippen MR) is 55.8 cm³/mol. The summed E-state index contributed by atoms with van der Waals surface area (Å²) < 4.78 is 36.6. The molecule has 0 aliphatic carbocycles. The number of carbonyl (C=O) groups excluding carboxylic acids is 1. The fourth-order valence-electron chi connectivity index (χ4n) is 0.950. The molecule has 2 N–H and O–H groups in total. The minimum absolute atomic E-state index is 0.0632.